The van der Waals surface area contributed by atoms with Crippen LogP contribution in [0, 0.1) is 0 Å². The van der Waals surface area contributed by atoms with Crippen molar-refractivity contribution in [3.63, 3.8) is 0 Å². The van der Waals surface area contributed by atoms with Crippen molar-refractivity contribution in [1.29, 1.82) is 0 Å². The maximum atomic E-state index is 11.8. The van der Waals surface area contributed by atoms with Crippen molar-refractivity contribution in [2.24, 2.45) is 0 Å². The Hall–Kier alpha value is -0.230. The fourth-order valence-corrected chi connectivity index (χ4v) is 1.87. The number of aromatic nitrogens is 1. The molecule has 0 aliphatic carbocycles. The van der Waals surface area contributed by atoms with E-state index in [1.165, 1.54) is 6.20 Å². The van der Waals surface area contributed by atoms with Gasteiger partial charge in [-0.25, -0.2) is 4.98 Å². The zero-order chi connectivity index (χ0) is 9.90. The monoisotopic (exact) mass is 271 g/mol. The predicted octanol–water partition coefficient (Wildman–Crippen LogP) is 3.50. The van der Waals surface area contributed by atoms with Crippen LogP contribution in [0.2, 0.25) is 0 Å². The Morgan fingerprint density at radius 3 is 2.69 bits per heavy atom. The zero-order valence-electron chi connectivity index (χ0n) is 6.31. The summed E-state index contributed by atoms with van der Waals surface area (Å²) in [5.41, 5.74) is 0. The summed E-state index contributed by atoms with van der Waals surface area (Å²) < 4.78 is 36.0. The largest absolute Gasteiger partial charge is 0.398 e. The van der Waals surface area contributed by atoms with E-state index in [1.807, 2.05) is 0 Å². The summed E-state index contributed by atoms with van der Waals surface area (Å²) in [4.78, 5) is 3.80. The second-order valence-corrected chi connectivity index (χ2v) is 4.01. The van der Waals surface area contributed by atoms with Crippen LogP contribution in [0.25, 0.3) is 0 Å². The first-order chi connectivity index (χ1) is 5.99. The highest BCUT2D eigenvalue weighted by atomic mass is 79.9. The van der Waals surface area contributed by atoms with E-state index in [2.05, 4.69) is 20.9 Å². The second-order valence-electron chi connectivity index (χ2n) is 2.19. The number of nitrogens with zero attached hydrogens (tertiary/aromatic N) is 1. The molecule has 1 aromatic rings. The van der Waals surface area contributed by atoms with E-state index in [1.54, 1.807) is 12.1 Å². The minimum absolute atomic E-state index is 0.361. The minimum Gasteiger partial charge on any atom is -0.249 e. The standard InChI is InChI=1S/C7H5BrF3NS/c8-5-2-1-3-12-6(5)13-4-7(9,10)11/h1-3H,4H2. The van der Waals surface area contributed by atoms with Crippen LogP contribution in [0.5, 0.6) is 0 Å². The maximum absolute atomic E-state index is 11.8. The number of halogens is 4. The molecule has 1 rings (SSSR count). The summed E-state index contributed by atoms with van der Waals surface area (Å²) in [6, 6.07) is 3.31. The maximum Gasteiger partial charge on any atom is 0.398 e. The van der Waals surface area contributed by atoms with Crippen LogP contribution in [-0.2, 0) is 0 Å². The quantitative estimate of drug-likeness (QED) is 0.764. The van der Waals surface area contributed by atoms with Crippen molar-refractivity contribution in [2.45, 2.75) is 11.2 Å². The highest BCUT2D eigenvalue weighted by Gasteiger charge is 2.27. The number of hydrogen-bond acceptors (Lipinski definition) is 2. The summed E-state index contributed by atoms with van der Waals surface area (Å²) in [5.74, 6) is -0.914. The highest BCUT2D eigenvalue weighted by molar-refractivity contribution is 9.10. The molecule has 0 aliphatic rings. The molecule has 0 atom stereocenters. The summed E-state index contributed by atoms with van der Waals surface area (Å²) in [7, 11) is 0. The summed E-state index contributed by atoms with van der Waals surface area (Å²) in [6.07, 6.45) is -2.69. The zero-order valence-corrected chi connectivity index (χ0v) is 8.71. The van der Waals surface area contributed by atoms with Crippen molar-refractivity contribution >= 4 is 27.7 Å². The third-order valence-corrected chi connectivity index (χ3v) is 3.07. The van der Waals surface area contributed by atoms with E-state index in [4.69, 9.17) is 0 Å². The van der Waals surface area contributed by atoms with Gasteiger partial charge in [-0.3, -0.25) is 0 Å². The van der Waals surface area contributed by atoms with Crippen LogP contribution in [0.1, 0.15) is 0 Å². The van der Waals surface area contributed by atoms with Gasteiger partial charge in [-0.2, -0.15) is 13.2 Å². The van der Waals surface area contributed by atoms with E-state index in [0.717, 1.165) is 0 Å². The van der Waals surface area contributed by atoms with Gasteiger partial charge in [0, 0.05) is 10.7 Å². The molecule has 13 heavy (non-hydrogen) atoms. The lowest BCUT2D eigenvalue weighted by atomic mass is 10.5. The normalized spacial score (nSPS) is 11.7. The predicted molar refractivity (Wildman–Crippen MR) is 48.7 cm³/mol. The van der Waals surface area contributed by atoms with Crippen LogP contribution in [0.3, 0.4) is 0 Å². The van der Waals surface area contributed by atoms with E-state index >= 15 is 0 Å². The van der Waals surface area contributed by atoms with Gasteiger partial charge in [-0.15, -0.1) is 0 Å². The molecular formula is C7H5BrF3NS. The van der Waals surface area contributed by atoms with Gasteiger partial charge >= 0.3 is 6.18 Å². The molecule has 0 unspecified atom stereocenters. The van der Waals surface area contributed by atoms with E-state index < -0.39 is 11.9 Å². The molecule has 0 spiro atoms. The van der Waals surface area contributed by atoms with Gasteiger partial charge in [0.1, 0.15) is 5.03 Å². The van der Waals surface area contributed by atoms with Crippen LogP contribution >= 0.6 is 27.7 Å². The van der Waals surface area contributed by atoms with Gasteiger partial charge in [0.05, 0.1) is 5.75 Å². The van der Waals surface area contributed by atoms with Crippen LogP contribution < -0.4 is 0 Å². The number of rotatable bonds is 2. The van der Waals surface area contributed by atoms with Gasteiger partial charge in [-0.05, 0) is 28.1 Å². The first kappa shape index (κ1) is 10.8. The van der Waals surface area contributed by atoms with Crippen LogP contribution in [0.15, 0.2) is 27.8 Å². The SMILES string of the molecule is FC(F)(F)CSc1ncccc1Br. The second kappa shape index (κ2) is 4.32. The fourth-order valence-electron chi connectivity index (χ4n) is 0.628. The average Bonchev–Trinajstić information content (AvgIpc) is 2.01. The molecule has 0 radical (unpaired) electrons. The molecule has 0 saturated heterocycles. The van der Waals surface area contributed by atoms with Gasteiger partial charge < -0.3 is 0 Å². The molecule has 0 N–H and O–H groups in total. The molecule has 0 amide bonds. The molecule has 1 heterocycles. The molecule has 0 bridgehead atoms. The Labute approximate surface area is 85.9 Å². The minimum atomic E-state index is -4.15. The first-order valence-corrected chi connectivity index (χ1v) is 5.07. The molecule has 0 aliphatic heterocycles. The molecule has 6 heteroatoms. The van der Waals surface area contributed by atoms with Gasteiger partial charge in [0.15, 0.2) is 0 Å². The number of thioether (sulfide) groups is 1. The number of pyridine rings is 1. The van der Waals surface area contributed by atoms with Crippen molar-refractivity contribution in [2.75, 3.05) is 5.75 Å². The molecule has 1 aromatic heterocycles. The van der Waals surface area contributed by atoms with Crippen LogP contribution in [-0.4, -0.2) is 16.9 Å². The molecule has 0 aromatic carbocycles. The topological polar surface area (TPSA) is 12.9 Å². The smallest absolute Gasteiger partial charge is 0.249 e. The lowest BCUT2D eigenvalue weighted by Crippen LogP contribution is -2.10. The van der Waals surface area contributed by atoms with Gasteiger partial charge in [0.2, 0.25) is 0 Å². The lowest BCUT2D eigenvalue weighted by Gasteiger charge is -2.05. The lowest BCUT2D eigenvalue weighted by molar-refractivity contribution is -0.105. The van der Waals surface area contributed by atoms with Crippen molar-refractivity contribution in [1.82, 2.24) is 4.98 Å². The van der Waals surface area contributed by atoms with Gasteiger partial charge in [-0.1, -0.05) is 11.8 Å². The highest BCUT2D eigenvalue weighted by Crippen LogP contribution is 2.30. The third kappa shape index (κ3) is 3.99. The average molecular weight is 272 g/mol. The van der Waals surface area contributed by atoms with Crippen molar-refractivity contribution in [3.8, 4) is 0 Å². The molecule has 72 valence electrons. The fraction of sp³-hybridized carbons (Fsp3) is 0.286. The van der Waals surface area contributed by atoms with Crippen molar-refractivity contribution in [3.05, 3.63) is 22.8 Å². The Morgan fingerprint density at radius 1 is 1.46 bits per heavy atom. The Morgan fingerprint density at radius 2 is 2.15 bits per heavy atom. The molecular weight excluding hydrogens is 267 g/mol. The summed E-state index contributed by atoms with van der Waals surface area (Å²) in [5, 5.41) is 0.361. The number of alkyl halides is 3. The summed E-state index contributed by atoms with van der Waals surface area (Å²) >= 11 is 3.78. The summed E-state index contributed by atoms with van der Waals surface area (Å²) in [6.45, 7) is 0. The van der Waals surface area contributed by atoms with Gasteiger partial charge in [0.25, 0.3) is 0 Å². The third-order valence-electron chi connectivity index (χ3n) is 1.10. The van der Waals surface area contributed by atoms with E-state index in [-0.39, 0.29) is 0 Å². The Kier molecular flexibility index (Phi) is 3.61. The Balaban J connectivity index is 2.60. The molecule has 1 nitrogen and oxygen atoms in total. The number of hydrogen-bond donors (Lipinski definition) is 0. The van der Waals surface area contributed by atoms with Crippen LogP contribution in [0.4, 0.5) is 13.2 Å². The van der Waals surface area contributed by atoms with Crippen molar-refractivity contribution < 1.29 is 13.2 Å². The molecule has 0 saturated carbocycles. The Bertz CT molecular complexity index is 289. The first-order valence-electron chi connectivity index (χ1n) is 3.29. The van der Waals surface area contributed by atoms with E-state index in [0.29, 0.717) is 21.3 Å². The molecule has 0 fully saturated rings. The van der Waals surface area contributed by atoms with E-state index in [9.17, 15) is 13.2 Å².